The second-order valence-corrected chi connectivity index (χ2v) is 12.1. The van der Waals surface area contributed by atoms with Crippen molar-refractivity contribution in [1.82, 2.24) is 0 Å². The highest BCUT2D eigenvalue weighted by molar-refractivity contribution is 6.09. The van der Waals surface area contributed by atoms with Crippen molar-refractivity contribution in [2.24, 2.45) is 16.7 Å². The first-order chi connectivity index (χ1) is 14.1. The molecule has 3 rings (SSSR count). The van der Waals surface area contributed by atoms with Gasteiger partial charge in [0.1, 0.15) is 17.3 Å². The van der Waals surface area contributed by atoms with E-state index in [2.05, 4.69) is 20.8 Å². The van der Waals surface area contributed by atoms with Gasteiger partial charge in [-0.1, -0.05) is 72.7 Å². The minimum absolute atomic E-state index is 0.0246. The summed E-state index contributed by atoms with van der Waals surface area (Å²) in [5, 5.41) is 10.9. The summed E-state index contributed by atoms with van der Waals surface area (Å²) in [5.41, 5.74) is 1.38. The highest BCUT2D eigenvalue weighted by atomic mass is 16.3. The van der Waals surface area contributed by atoms with Gasteiger partial charge >= 0.3 is 0 Å². The fourth-order valence-corrected chi connectivity index (χ4v) is 5.15. The average molecular weight is 425 g/mol. The normalized spacial score (nSPS) is 23.3. The number of ketones is 3. The molecule has 168 valence electrons. The SMILES string of the molecule is CC1(C)CC(=O)C([C@@H](C2=C(O)CC(C)(C)CC2=O)c2ccc(C(C)(C)C)cc2)C(=O)C1. The van der Waals surface area contributed by atoms with Crippen LogP contribution in [0.5, 0.6) is 0 Å². The minimum Gasteiger partial charge on any atom is -0.512 e. The molecule has 1 aromatic carbocycles. The van der Waals surface area contributed by atoms with E-state index in [1.54, 1.807) is 0 Å². The number of hydrogen-bond acceptors (Lipinski definition) is 4. The number of carbonyl (C=O) groups is 3. The first-order valence-electron chi connectivity index (χ1n) is 11.2. The summed E-state index contributed by atoms with van der Waals surface area (Å²) < 4.78 is 0. The minimum atomic E-state index is -0.921. The van der Waals surface area contributed by atoms with Gasteiger partial charge in [0, 0.05) is 37.2 Å². The van der Waals surface area contributed by atoms with E-state index in [9.17, 15) is 19.5 Å². The van der Waals surface area contributed by atoms with Gasteiger partial charge in [-0.05, 0) is 27.4 Å². The molecule has 1 fully saturated rings. The topological polar surface area (TPSA) is 71.4 Å². The maximum atomic E-state index is 13.2. The van der Waals surface area contributed by atoms with Crippen LogP contribution in [0.2, 0.25) is 0 Å². The standard InChI is InChI=1S/C27H36O4/c1-25(2,3)17-10-8-16(9-11-17)22(23-18(28)12-26(4,5)13-19(23)29)24-20(30)14-27(6,7)15-21(24)31/h8-11,22-23,30H,12-15H2,1-7H3/t22-/m0/s1. The Morgan fingerprint density at radius 2 is 1.32 bits per heavy atom. The van der Waals surface area contributed by atoms with Gasteiger partial charge in [-0.15, -0.1) is 0 Å². The summed E-state index contributed by atoms with van der Waals surface area (Å²) >= 11 is 0. The number of Topliss-reactive ketones (excluding diaryl/α,β-unsaturated/α-hetero) is 3. The van der Waals surface area contributed by atoms with Crippen LogP contribution < -0.4 is 0 Å². The lowest BCUT2D eigenvalue weighted by Crippen LogP contribution is -2.43. The monoisotopic (exact) mass is 424 g/mol. The Balaban J connectivity index is 2.15. The largest absolute Gasteiger partial charge is 0.512 e. The zero-order valence-corrected chi connectivity index (χ0v) is 20.0. The molecule has 1 aromatic rings. The quantitative estimate of drug-likeness (QED) is 0.619. The molecule has 1 atom stereocenters. The first kappa shape index (κ1) is 23.4. The van der Waals surface area contributed by atoms with Gasteiger partial charge in [0.25, 0.3) is 0 Å². The number of allylic oxidation sites excluding steroid dienone is 2. The molecule has 31 heavy (non-hydrogen) atoms. The molecule has 0 unspecified atom stereocenters. The van der Waals surface area contributed by atoms with E-state index in [4.69, 9.17) is 0 Å². The second kappa shape index (κ2) is 7.72. The summed E-state index contributed by atoms with van der Waals surface area (Å²) in [7, 11) is 0. The van der Waals surface area contributed by atoms with E-state index < -0.39 is 11.8 Å². The molecule has 0 heterocycles. The third kappa shape index (κ3) is 4.83. The predicted molar refractivity (Wildman–Crippen MR) is 122 cm³/mol. The smallest absolute Gasteiger partial charge is 0.163 e. The summed E-state index contributed by atoms with van der Waals surface area (Å²) in [4.78, 5) is 39.6. The maximum absolute atomic E-state index is 13.2. The van der Waals surface area contributed by atoms with E-state index in [0.29, 0.717) is 25.7 Å². The van der Waals surface area contributed by atoms with Crippen molar-refractivity contribution in [2.75, 3.05) is 0 Å². The van der Waals surface area contributed by atoms with Gasteiger partial charge in [-0.3, -0.25) is 14.4 Å². The zero-order chi connectivity index (χ0) is 23.4. The number of rotatable bonds is 3. The number of aliphatic hydroxyl groups is 1. The van der Waals surface area contributed by atoms with E-state index in [0.717, 1.165) is 11.1 Å². The molecule has 0 spiro atoms. The molecule has 4 heteroatoms. The molecule has 1 N–H and O–H groups in total. The molecule has 0 bridgehead atoms. The number of benzene rings is 1. The van der Waals surface area contributed by atoms with Crippen LogP contribution in [0.15, 0.2) is 35.6 Å². The summed E-state index contributed by atoms with van der Waals surface area (Å²) in [6.45, 7) is 14.1. The zero-order valence-electron chi connectivity index (χ0n) is 20.0. The Kier molecular flexibility index (Phi) is 5.84. The van der Waals surface area contributed by atoms with Crippen LogP contribution in [-0.2, 0) is 19.8 Å². The predicted octanol–water partition coefficient (Wildman–Crippen LogP) is 5.84. The number of carbonyl (C=O) groups excluding carboxylic acids is 3. The van der Waals surface area contributed by atoms with E-state index in [1.807, 2.05) is 52.0 Å². The lowest BCUT2D eigenvalue weighted by atomic mass is 9.62. The second-order valence-electron chi connectivity index (χ2n) is 12.1. The average Bonchev–Trinajstić information content (AvgIpc) is 2.56. The molecular weight excluding hydrogens is 388 g/mol. The lowest BCUT2D eigenvalue weighted by Gasteiger charge is -2.39. The highest BCUT2D eigenvalue weighted by Crippen LogP contribution is 2.47. The van der Waals surface area contributed by atoms with Gasteiger partial charge in [0.15, 0.2) is 5.78 Å². The molecule has 0 radical (unpaired) electrons. The van der Waals surface area contributed by atoms with E-state index in [1.165, 1.54) is 0 Å². The summed E-state index contributed by atoms with van der Waals surface area (Å²) in [6, 6.07) is 7.83. The van der Waals surface area contributed by atoms with Gasteiger partial charge in [0.05, 0.1) is 5.92 Å². The van der Waals surface area contributed by atoms with Crippen molar-refractivity contribution in [3.8, 4) is 0 Å². The van der Waals surface area contributed by atoms with Crippen molar-refractivity contribution in [2.45, 2.75) is 85.5 Å². The first-order valence-corrected chi connectivity index (χ1v) is 11.2. The van der Waals surface area contributed by atoms with Crippen LogP contribution in [0.3, 0.4) is 0 Å². The summed E-state index contributed by atoms with van der Waals surface area (Å²) in [6.07, 6.45) is 1.26. The Labute approximate surface area is 186 Å². The number of hydrogen-bond donors (Lipinski definition) is 1. The van der Waals surface area contributed by atoms with Gasteiger partial charge in [-0.25, -0.2) is 0 Å². The maximum Gasteiger partial charge on any atom is 0.163 e. The third-order valence-corrected chi connectivity index (χ3v) is 6.68. The van der Waals surface area contributed by atoms with Gasteiger partial charge in [0.2, 0.25) is 0 Å². The van der Waals surface area contributed by atoms with Gasteiger partial charge < -0.3 is 5.11 Å². The van der Waals surface area contributed by atoms with E-state index >= 15 is 0 Å². The lowest BCUT2D eigenvalue weighted by molar-refractivity contribution is -0.140. The molecule has 0 saturated heterocycles. The fraction of sp³-hybridized carbons (Fsp3) is 0.593. The third-order valence-electron chi connectivity index (χ3n) is 6.68. The molecule has 0 aliphatic heterocycles. The highest BCUT2D eigenvalue weighted by Gasteiger charge is 2.48. The van der Waals surface area contributed by atoms with Crippen molar-refractivity contribution in [3.05, 3.63) is 46.7 Å². The Morgan fingerprint density at radius 1 is 0.839 bits per heavy atom. The van der Waals surface area contributed by atoms with Crippen molar-refractivity contribution >= 4 is 17.3 Å². The Bertz CT molecular complexity index is 918. The van der Waals surface area contributed by atoms with Crippen molar-refractivity contribution < 1.29 is 19.5 Å². The van der Waals surface area contributed by atoms with Gasteiger partial charge in [-0.2, -0.15) is 0 Å². The molecule has 0 aromatic heterocycles. The van der Waals surface area contributed by atoms with Crippen LogP contribution in [0.4, 0.5) is 0 Å². The molecule has 1 saturated carbocycles. The van der Waals surface area contributed by atoms with Crippen molar-refractivity contribution in [3.63, 3.8) is 0 Å². The number of aliphatic hydroxyl groups excluding tert-OH is 1. The molecule has 2 aliphatic rings. The molecule has 0 amide bonds. The molecule has 4 nitrogen and oxygen atoms in total. The van der Waals surface area contributed by atoms with Crippen LogP contribution in [0.25, 0.3) is 0 Å². The van der Waals surface area contributed by atoms with Crippen LogP contribution in [0, 0.1) is 16.7 Å². The Hall–Kier alpha value is -2.23. The molecule has 2 aliphatic carbocycles. The van der Waals surface area contributed by atoms with E-state index in [-0.39, 0.29) is 44.9 Å². The van der Waals surface area contributed by atoms with Crippen molar-refractivity contribution in [1.29, 1.82) is 0 Å². The molecular formula is C27H36O4. The summed E-state index contributed by atoms with van der Waals surface area (Å²) in [5.74, 6) is -2.06. The van der Waals surface area contributed by atoms with Crippen LogP contribution in [-0.4, -0.2) is 22.5 Å². The Morgan fingerprint density at radius 3 is 1.77 bits per heavy atom. The van der Waals surface area contributed by atoms with Crippen LogP contribution >= 0.6 is 0 Å². The fourth-order valence-electron chi connectivity index (χ4n) is 5.15. The van der Waals surface area contributed by atoms with Crippen LogP contribution in [0.1, 0.15) is 91.2 Å².